The number of aromatic amines is 1. The Morgan fingerprint density at radius 1 is 0.425 bits per heavy atom. The van der Waals surface area contributed by atoms with Crippen molar-refractivity contribution >= 4 is 118 Å². The summed E-state index contributed by atoms with van der Waals surface area (Å²) in [6, 6.07) is -17.1. The van der Waals surface area contributed by atoms with E-state index >= 15 is 0 Å². The van der Waals surface area contributed by atoms with Gasteiger partial charge in [0.2, 0.25) is 106 Å². The molecular weight excluding hydrogens is 1750 g/mol. The fraction of sp³-hybridized carbons (Fsp3) is 0.670. The molecule has 6 rings (SSSR count). The standard InChI is InChI=1S/C88H137N21O25/c1-13-47(10)69(103-76(121)56(37-51-40-92-42-93-51)96-73(118)53(27-28-67(115)116)94-74(119)55(36-50-21-15-14-16-22-50)95-72(117)52(89)33-43(2)3)82(127)104-70(48(11)111)83(128)102-68(46(8)9)86(131)108-31-19-25-63(108)79(124)98-57(38-65(90)113)84(129)106-29-17-23-61(106)78(123)97-54(34-44(4)5)75(120)105-71(49(12)112)87(132)109-32-20-26-64(109)80(125)99-58(39-66(91)114)85(130)107-30-18-24-62(107)81(126)101-60(41-110)77(122)100-59(88(133)134)35-45(6)7/h14-16,21-22,40,42-49,52-64,68-71,110-112H,13,17-20,23-39,41,89H2,1-12H3,(H2,90,113)(H2,91,114)(H,92,93)(H,94,119)(H,95,117)(H,96,118)(H,97,123)(H,98,124)(H,99,125)(H,100,122)(H,101,126)(H,102,128)(H,103,121)(H,104,127)(H,105,120)(H,115,116)(H,133,134)/t47-,48+,49+,52-,53-,54-,55-,56-,57-,58-,59-,60-,61-,62-,63-,64-,68-,69-,70-,71-/m0/s1. The van der Waals surface area contributed by atoms with Crippen LogP contribution in [0.2, 0.25) is 0 Å². The first-order valence-electron chi connectivity index (χ1n) is 45.7. The van der Waals surface area contributed by atoms with Gasteiger partial charge in [0, 0.05) is 51.6 Å². The van der Waals surface area contributed by atoms with Gasteiger partial charge in [0.15, 0.2) is 0 Å². The molecule has 46 heteroatoms. The SMILES string of the molecule is CC[C@H](C)[C@H](NC(=O)[C@H](Cc1c[nH]cn1)NC(=O)[C@H](CCC(=O)O)NC(=O)[C@H](Cc1ccccc1)NC(=O)[C@@H](N)CC(C)C)C(=O)N[C@H](C(=O)N[C@H](C(=O)N1CCC[C@H]1C(=O)N[C@@H](CC(N)=O)C(=O)N1CCC[C@H]1C(=O)N[C@@H](CC(C)C)C(=O)N[C@H](C(=O)N1CCC[C@H]1C(=O)N[C@@H](CC(N)=O)C(=O)N1CCC[C@H]1C(=O)N[C@@H](CO)C(=O)N[C@@H](CC(C)C)C(=O)O)[C@@H](C)O)C(C)C)[C@@H](C)O. The molecule has 18 amide bonds. The smallest absolute Gasteiger partial charge is 0.326 e. The van der Waals surface area contributed by atoms with E-state index in [1.807, 2.05) is 13.8 Å². The summed E-state index contributed by atoms with van der Waals surface area (Å²) in [6.45, 7) is 17.9. The van der Waals surface area contributed by atoms with Gasteiger partial charge in [-0.2, -0.15) is 0 Å². The Hall–Kier alpha value is -12.3. The molecule has 0 spiro atoms. The number of nitrogens with two attached hydrogens (primary N) is 3. The number of carbonyl (C=O) groups is 20. The number of amides is 18. The van der Waals surface area contributed by atoms with Crippen LogP contribution in [0.25, 0.3) is 0 Å². The van der Waals surface area contributed by atoms with Crippen LogP contribution in [0.5, 0.6) is 0 Å². The van der Waals surface area contributed by atoms with Crippen molar-refractivity contribution < 1.29 is 121 Å². The number of hydrogen-bond donors (Lipinski definition) is 21. The van der Waals surface area contributed by atoms with E-state index in [9.17, 15) is 121 Å². The normalized spacial score (nSPS) is 19.6. The van der Waals surface area contributed by atoms with Crippen molar-refractivity contribution in [2.75, 3.05) is 32.8 Å². The van der Waals surface area contributed by atoms with Gasteiger partial charge in [-0.1, -0.05) is 106 Å². The third-order valence-corrected chi connectivity index (χ3v) is 23.9. The van der Waals surface area contributed by atoms with Crippen LogP contribution in [0.15, 0.2) is 42.9 Å². The monoisotopic (exact) mass is 1890 g/mol. The van der Waals surface area contributed by atoms with Crippen molar-refractivity contribution in [1.82, 2.24) is 93.4 Å². The zero-order valence-electron chi connectivity index (χ0n) is 78.0. The average molecular weight is 1890 g/mol. The first kappa shape index (κ1) is 110. The van der Waals surface area contributed by atoms with E-state index in [1.165, 1.54) is 19.4 Å². The van der Waals surface area contributed by atoms with Gasteiger partial charge in [0.25, 0.3) is 0 Å². The summed E-state index contributed by atoms with van der Waals surface area (Å²) >= 11 is 0. The number of imidazole rings is 1. The maximum absolute atomic E-state index is 14.9. The number of H-pyrrole nitrogens is 1. The zero-order valence-corrected chi connectivity index (χ0v) is 78.0. The Morgan fingerprint density at radius 2 is 0.799 bits per heavy atom. The van der Waals surface area contributed by atoms with Gasteiger partial charge in [-0.15, -0.1) is 0 Å². The summed E-state index contributed by atoms with van der Waals surface area (Å²) < 4.78 is 0. The number of nitrogens with one attached hydrogen (secondary N) is 13. The zero-order chi connectivity index (χ0) is 100.0. The van der Waals surface area contributed by atoms with Gasteiger partial charge in [0.1, 0.15) is 96.7 Å². The lowest BCUT2D eigenvalue weighted by molar-refractivity contribution is -0.147. The van der Waals surface area contributed by atoms with E-state index in [2.05, 4.69) is 73.8 Å². The van der Waals surface area contributed by atoms with Gasteiger partial charge >= 0.3 is 11.9 Å². The van der Waals surface area contributed by atoms with Crippen molar-refractivity contribution in [3.63, 3.8) is 0 Å². The molecule has 4 saturated heterocycles. The number of carboxylic acids is 2. The van der Waals surface area contributed by atoms with Crippen LogP contribution >= 0.6 is 0 Å². The van der Waals surface area contributed by atoms with Crippen molar-refractivity contribution in [1.29, 1.82) is 0 Å². The molecule has 4 fully saturated rings. The Balaban J connectivity index is 1.12. The molecule has 4 aliphatic rings. The second-order valence-corrected chi connectivity index (χ2v) is 36.5. The molecule has 0 radical (unpaired) electrons. The fourth-order valence-electron chi connectivity index (χ4n) is 16.6. The van der Waals surface area contributed by atoms with Crippen LogP contribution in [-0.2, 0) is 109 Å². The molecule has 20 atom stereocenters. The molecule has 2 aromatic rings. The predicted molar refractivity (Wildman–Crippen MR) is 478 cm³/mol. The lowest BCUT2D eigenvalue weighted by Gasteiger charge is -2.34. The minimum absolute atomic E-state index is 0.00299. The third-order valence-electron chi connectivity index (χ3n) is 23.9. The maximum Gasteiger partial charge on any atom is 0.326 e. The Morgan fingerprint density at radius 3 is 1.22 bits per heavy atom. The molecule has 0 unspecified atom stereocenters. The number of likely N-dealkylation sites (tertiary alicyclic amines) is 4. The molecular formula is C88H137N21O25. The van der Waals surface area contributed by atoms with Crippen molar-refractivity contribution in [2.24, 2.45) is 46.8 Å². The number of carbonyl (C=O) groups excluding carboxylic acids is 18. The van der Waals surface area contributed by atoms with Gasteiger partial charge in [-0.25, -0.2) is 9.78 Å². The summed E-state index contributed by atoms with van der Waals surface area (Å²) in [5, 5.41) is 82.3. The Labute approximate surface area is 777 Å². The quantitative estimate of drug-likeness (QED) is 0.0294. The number of carboxylic acid groups (broad SMARTS) is 2. The van der Waals surface area contributed by atoms with Crippen molar-refractivity contribution in [2.45, 2.75) is 314 Å². The number of nitrogens with zero attached hydrogens (tertiary/aromatic N) is 5. The predicted octanol–water partition coefficient (Wildman–Crippen LogP) is -5.40. The largest absolute Gasteiger partial charge is 0.481 e. The maximum atomic E-state index is 14.9. The van der Waals surface area contributed by atoms with Crippen LogP contribution in [-0.4, -0.2) is 321 Å². The van der Waals surface area contributed by atoms with Crippen molar-refractivity contribution in [3.8, 4) is 0 Å². The third kappa shape index (κ3) is 32.5. The second kappa shape index (κ2) is 52.4. The summed E-state index contributed by atoms with van der Waals surface area (Å²) in [7, 11) is 0. The fourth-order valence-corrected chi connectivity index (χ4v) is 16.6. The number of aliphatic carboxylic acids is 2. The minimum Gasteiger partial charge on any atom is -0.481 e. The Bertz CT molecular complexity index is 4460. The lowest BCUT2D eigenvalue weighted by atomic mass is 9.96. The summed E-state index contributed by atoms with van der Waals surface area (Å²) in [4.78, 5) is 290. The minimum atomic E-state index is -1.85. The van der Waals surface area contributed by atoms with Crippen LogP contribution in [0.3, 0.4) is 0 Å². The number of aliphatic hydroxyl groups is 3. The molecule has 0 saturated carbocycles. The van der Waals surface area contributed by atoms with Gasteiger partial charge in [-0.05, 0) is 126 Å². The van der Waals surface area contributed by atoms with E-state index in [1.54, 1.807) is 85.7 Å². The highest BCUT2D eigenvalue weighted by molar-refractivity contribution is 6.03. The number of rotatable bonds is 52. The van der Waals surface area contributed by atoms with Gasteiger partial charge in [-0.3, -0.25) is 91.1 Å². The van der Waals surface area contributed by atoms with Crippen LogP contribution in [0.4, 0.5) is 0 Å². The number of hydrogen-bond acceptors (Lipinski definition) is 25. The highest BCUT2D eigenvalue weighted by Gasteiger charge is 2.48. The number of aromatic nitrogens is 2. The molecule has 5 heterocycles. The molecule has 1 aromatic carbocycles. The molecule has 0 aliphatic carbocycles. The van der Waals surface area contributed by atoms with E-state index < -0.39 is 277 Å². The number of benzene rings is 1. The molecule has 46 nitrogen and oxygen atoms in total. The molecule has 134 heavy (non-hydrogen) atoms. The summed E-state index contributed by atoms with van der Waals surface area (Å²) in [5.74, 6) is -22.1. The van der Waals surface area contributed by atoms with E-state index in [4.69, 9.17) is 17.2 Å². The van der Waals surface area contributed by atoms with Crippen LogP contribution in [0.1, 0.15) is 197 Å². The van der Waals surface area contributed by atoms with Crippen molar-refractivity contribution in [3.05, 3.63) is 54.1 Å². The molecule has 0 bridgehead atoms. The summed E-state index contributed by atoms with van der Waals surface area (Å²) in [5.41, 5.74) is 18.3. The molecule has 1 aromatic heterocycles. The highest BCUT2D eigenvalue weighted by atomic mass is 16.4. The molecule has 744 valence electrons. The first-order valence-corrected chi connectivity index (χ1v) is 45.7. The van der Waals surface area contributed by atoms with Crippen LogP contribution in [0, 0.1) is 29.6 Å². The van der Waals surface area contributed by atoms with Crippen LogP contribution < -0.4 is 81.0 Å². The van der Waals surface area contributed by atoms with E-state index in [0.29, 0.717) is 5.56 Å². The Kier molecular flexibility index (Phi) is 43.1. The second-order valence-electron chi connectivity index (χ2n) is 36.5. The van der Waals surface area contributed by atoms with Gasteiger partial charge in [0.05, 0.1) is 49.7 Å². The van der Waals surface area contributed by atoms with Gasteiger partial charge < -0.3 is 131 Å². The summed E-state index contributed by atoms with van der Waals surface area (Å²) in [6.07, 6.45) is -2.74. The van der Waals surface area contributed by atoms with E-state index in [-0.39, 0.29) is 140 Å². The topological polar surface area (TPSA) is 707 Å². The number of aliphatic hydroxyl groups excluding tert-OH is 3. The molecule has 4 aliphatic heterocycles. The lowest BCUT2D eigenvalue weighted by Crippen LogP contribution is -2.63. The number of primary amides is 2. The highest BCUT2D eigenvalue weighted by Crippen LogP contribution is 2.27. The first-order chi connectivity index (χ1) is 63.1. The molecule has 24 N–H and O–H groups in total. The average Bonchev–Trinajstić information content (AvgIpc) is 1.65. The van der Waals surface area contributed by atoms with E-state index in [0.717, 1.165) is 26.5 Å².